The molecule has 32 heavy (non-hydrogen) atoms. The highest BCUT2D eigenvalue weighted by atomic mass is 16.5. The van der Waals surface area contributed by atoms with Crippen molar-refractivity contribution in [2.45, 2.75) is 18.4 Å². The monoisotopic (exact) mass is 433 g/mol. The molecule has 8 heteroatoms. The second kappa shape index (κ2) is 8.11. The van der Waals surface area contributed by atoms with E-state index < -0.39 is 22.0 Å². The SMILES string of the molecule is C#Cc1ccc([N+]2(C(N)=O)CCC[C@]2(C(N)=O)c2ccc(N3CCOCC3=O)cc2)cc1. The number of nitrogens with two attached hydrogens (primary N) is 2. The summed E-state index contributed by atoms with van der Waals surface area (Å²) in [6, 6.07) is 13.2. The van der Waals surface area contributed by atoms with Crippen LogP contribution < -0.4 is 20.9 Å². The molecule has 4 amide bonds. The van der Waals surface area contributed by atoms with E-state index in [0.29, 0.717) is 55.0 Å². The summed E-state index contributed by atoms with van der Waals surface area (Å²) >= 11 is 0. The van der Waals surface area contributed by atoms with Gasteiger partial charge in [-0.15, -0.1) is 6.42 Å². The third kappa shape index (κ3) is 3.06. The number of primary amides is 2. The zero-order valence-corrected chi connectivity index (χ0v) is 17.6. The standard InChI is InChI=1S/C24H24N4O4/c1-2-17-4-10-20(11-5-17)28(23(26)31)14-3-12-24(28,22(25)30)18-6-8-19(9-7-18)27-13-15-32-16-21(27)29/h1,4-11H,3,12-16H2,(H3-,25,26,30,31)/p+1/t24-,28?/m1/s1. The van der Waals surface area contributed by atoms with Gasteiger partial charge in [0, 0.05) is 48.3 Å². The summed E-state index contributed by atoms with van der Waals surface area (Å²) in [5, 5.41) is 0. The number of hydrogen-bond acceptors (Lipinski definition) is 4. The maximum Gasteiger partial charge on any atom is 0.420 e. The van der Waals surface area contributed by atoms with Crippen molar-refractivity contribution in [1.82, 2.24) is 4.48 Å². The summed E-state index contributed by atoms with van der Waals surface area (Å²) in [6.45, 7) is 1.26. The lowest BCUT2D eigenvalue weighted by Crippen LogP contribution is -2.70. The number of carbonyl (C=O) groups excluding carboxylic acids is 3. The molecular formula is C24H25N4O4+. The second-order valence-corrected chi connectivity index (χ2v) is 8.04. The first-order valence-corrected chi connectivity index (χ1v) is 10.4. The molecule has 2 saturated heterocycles. The van der Waals surface area contributed by atoms with Crippen LogP contribution in [0.2, 0.25) is 0 Å². The van der Waals surface area contributed by atoms with Gasteiger partial charge < -0.3 is 21.1 Å². The summed E-state index contributed by atoms with van der Waals surface area (Å²) in [5.74, 6) is 1.78. The second-order valence-electron chi connectivity index (χ2n) is 8.04. The maximum absolute atomic E-state index is 13.1. The number of urea groups is 1. The van der Waals surface area contributed by atoms with Crippen LogP contribution in [0.3, 0.4) is 0 Å². The quantitative estimate of drug-likeness (QED) is 0.563. The summed E-state index contributed by atoms with van der Waals surface area (Å²) in [4.78, 5) is 39.9. The minimum absolute atomic E-state index is 0.0301. The van der Waals surface area contributed by atoms with Crippen molar-refractivity contribution in [2.24, 2.45) is 11.5 Å². The zero-order valence-electron chi connectivity index (χ0n) is 17.6. The zero-order chi connectivity index (χ0) is 22.9. The Morgan fingerprint density at radius 3 is 2.34 bits per heavy atom. The van der Waals surface area contributed by atoms with E-state index in [2.05, 4.69) is 5.92 Å². The molecule has 0 saturated carbocycles. The van der Waals surface area contributed by atoms with Crippen molar-refractivity contribution < 1.29 is 19.1 Å². The number of likely N-dealkylation sites (tertiary alicyclic amines) is 1. The average Bonchev–Trinajstić information content (AvgIpc) is 3.22. The van der Waals surface area contributed by atoms with Crippen molar-refractivity contribution in [3.8, 4) is 12.3 Å². The average molecular weight is 433 g/mol. The number of rotatable bonds is 4. The molecule has 2 fully saturated rings. The van der Waals surface area contributed by atoms with Crippen LogP contribution in [0, 0.1) is 12.3 Å². The highest BCUT2D eigenvalue weighted by Crippen LogP contribution is 2.49. The van der Waals surface area contributed by atoms with E-state index in [1.54, 1.807) is 53.4 Å². The Morgan fingerprint density at radius 1 is 1.09 bits per heavy atom. The van der Waals surface area contributed by atoms with Gasteiger partial charge in [-0.25, -0.2) is 4.79 Å². The van der Waals surface area contributed by atoms with Gasteiger partial charge in [-0.2, -0.15) is 4.48 Å². The molecule has 0 spiro atoms. The first-order valence-electron chi connectivity index (χ1n) is 10.4. The fraction of sp³-hybridized carbons (Fsp3) is 0.292. The Labute approximate surface area is 186 Å². The van der Waals surface area contributed by atoms with Crippen LogP contribution >= 0.6 is 0 Å². The Hall–Kier alpha value is -3.67. The molecule has 4 N–H and O–H groups in total. The summed E-state index contributed by atoms with van der Waals surface area (Å²) in [7, 11) is 0. The van der Waals surface area contributed by atoms with Gasteiger partial charge >= 0.3 is 6.03 Å². The van der Waals surface area contributed by atoms with E-state index in [1.807, 2.05) is 0 Å². The van der Waals surface area contributed by atoms with Gasteiger partial charge in [0.15, 0.2) is 0 Å². The minimum atomic E-state index is -1.38. The number of amides is 4. The lowest BCUT2D eigenvalue weighted by Gasteiger charge is -2.43. The van der Waals surface area contributed by atoms with Gasteiger partial charge in [0.05, 0.1) is 13.2 Å². The highest BCUT2D eigenvalue weighted by Gasteiger charge is 2.65. The predicted molar refractivity (Wildman–Crippen MR) is 120 cm³/mol. The Morgan fingerprint density at radius 2 is 1.78 bits per heavy atom. The fourth-order valence-corrected chi connectivity index (χ4v) is 5.07. The number of hydrogen-bond donors (Lipinski definition) is 2. The molecule has 2 aliphatic rings. The fourth-order valence-electron chi connectivity index (χ4n) is 5.07. The van der Waals surface area contributed by atoms with E-state index in [9.17, 15) is 14.4 Å². The summed E-state index contributed by atoms with van der Waals surface area (Å²) in [5.41, 5.74) is 13.1. The van der Waals surface area contributed by atoms with Gasteiger partial charge in [0.1, 0.15) is 12.3 Å². The molecule has 2 atom stereocenters. The van der Waals surface area contributed by atoms with Crippen molar-refractivity contribution in [1.29, 1.82) is 0 Å². The van der Waals surface area contributed by atoms with Crippen LogP contribution in [0.4, 0.5) is 16.2 Å². The van der Waals surface area contributed by atoms with E-state index in [4.69, 9.17) is 22.6 Å². The molecule has 8 nitrogen and oxygen atoms in total. The molecular weight excluding hydrogens is 408 g/mol. The Balaban J connectivity index is 1.84. The van der Waals surface area contributed by atoms with Crippen LogP contribution in [-0.2, 0) is 19.9 Å². The maximum atomic E-state index is 13.1. The molecule has 2 aromatic carbocycles. The first kappa shape index (κ1) is 21.6. The molecule has 0 radical (unpaired) electrons. The third-order valence-corrected chi connectivity index (χ3v) is 6.58. The largest absolute Gasteiger partial charge is 0.420 e. The number of nitrogens with zero attached hydrogens (tertiary/aromatic N) is 2. The number of carbonyl (C=O) groups is 3. The predicted octanol–water partition coefficient (Wildman–Crippen LogP) is 1.59. The molecule has 2 aliphatic heterocycles. The van der Waals surface area contributed by atoms with Crippen LogP contribution in [0.1, 0.15) is 24.0 Å². The Kier molecular flexibility index (Phi) is 5.46. The smallest absolute Gasteiger partial charge is 0.370 e. The first-order chi connectivity index (χ1) is 15.4. The lowest BCUT2D eigenvalue weighted by atomic mass is 9.83. The Bertz CT molecular complexity index is 1110. The van der Waals surface area contributed by atoms with Crippen molar-refractivity contribution in [3.63, 3.8) is 0 Å². The van der Waals surface area contributed by atoms with Crippen LogP contribution in [0.25, 0.3) is 0 Å². The van der Waals surface area contributed by atoms with E-state index >= 15 is 0 Å². The van der Waals surface area contributed by atoms with Crippen LogP contribution in [0.15, 0.2) is 48.5 Å². The molecule has 2 heterocycles. The summed E-state index contributed by atoms with van der Waals surface area (Å²) < 4.78 is 4.77. The topological polar surface area (TPSA) is 116 Å². The summed E-state index contributed by atoms with van der Waals surface area (Å²) in [6.07, 6.45) is 6.40. The number of benzene rings is 2. The molecule has 1 unspecified atom stereocenters. The molecule has 0 aliphatic carbocycles. The van der Waals surface area contributed by atoms with Gasteiger partial charge in [-0.05, 0) is 24.3 Å². The minimum Gasteiger partial charge on any atom is -0.370 e. The highest BCUT2D eigenvalue weighted by molar-refractivity contribution is 5.99. The van der Waals surface area contributed by atoms with Gasteiger partial charge in [-0.3, -0.25) is 9.59 Å². The number of terminal acetylenes is 1. The van der Waals surface area contributed by atoms with Crippen LogP contribution in [0.5, 0.6) is 0 Å². The number of morpholine rings is 1. The molecule has 4 rings (SSSR count). The normalized spacial score (nSPS) is 25.3. The van der Waals surface area contributed by atoms with E-state index in [0.717, 1.165) is 0 Å². The third-order valence-electron chi connectivity index (χ3n) is 6.58. The van der Waals surface area contributed by atoms with Crippen molar-refractivity contribution >= 4 is 29.2 Å². The van der Waals surface area contributed by atoms with Gasteiger partial charge in [0.2, 0.25) is 5.54 Å². The van der Waals surface area contributed by atoms with Crippen molar-refractivity contribution in [3.05, 3.63) is 59.7 Å². The van der Waals surface area contributed by atoms with E-state index in [-0.39, 0.29) is 12.5 Å². The van der Waals surface area contributed by atoms with Crippen molar-refractivity contribution in [2.75, 3.05) is 31.2 Å². The molecule has 164 valence electrons. The number of ether oxygens (including phenoxy) is 1. The molecule has 0 bridgehead atoms. The molecule has 2 aromatic rings. The van der Waals surface area contributed by atoms with Crippen LogP contribution in [-0.4, -0.2) is 44.1 Å². The molecule has 0 aromatic heterocycles. The van der Waals surface area contributed by atoms with E-state index in [1.165, 1.54) is 0 Å². The number of quaternary nitrogens is 1. The lowest BCUT2D eigenvalue weighted by molar-refractivity contribution is -0.127. The van der Waals surface area contributed by atoms with Gasteiger partial charge in [0.25, 0.3) is 11.8 Å². The van der Waals surface area contributed by atoms with Gasteiger partial charge in [-0.1, -0.05) is 18.1 Å². The number of anilines is 1.